The zero-order valence-corrected chi connectivity index (χ0v) is 9.73. The Morgan fingerprint density at radius 1 is 1.56 bits per heavy atom. The number of hydrogen-bond donors (Lipinski definition) is 1. The number of carboxylic acid groups (broad SMARTS) is 1. The molecule has 1 aliphatic rings. The molecule has 1 aromatic carbocycles. The Kier molecular flexibility index (Phi) is 2.86. The van der Waals surface area contributed by atoms with E-state index in [1.165, 1.54) is 16.8 Å². The lowest BCUT2D eigenvalue weighted by atomic mass is 9.93. The molecule has 0 saturated heterocycles. The number of benzene rings is 1. The van der Waals surface area contributed by atoms with E-state index >= 15 is 0 Å². The van der Waals surface area contributed by atoms with Crippen LogP contribution in [0.15, 0.2) is 18.2 Å². The molecule has 0 bridgehead atoms. The van der Waals surface area contributed by atoms with E-state index in [0.29, 0.717) is 0 Å². The molecule has 1 N–H and O–H groups in total. The summed E-state index contributed by atoms with van der Waals surface area (Å²) >= 11 is 0. The molecule has 1 heterocycles. The first-order valence-corrected chi connectivity index (χ1v) is 5.62. The van der Waals surface area contributed by atoms with Crippen molar-refractivity contribution in [2.75, 3.05) is 11.9 Å². The Bertz CT molecular complexity index is 414. The topological polar surface area (TPSA) is 40.5 Å². The summed E-state index contributed by atoms with van der Waals surface area (Å²) in [4.78, 5) is 12.9. The number of hydrogen-bond acceptors (Lipinski definition) is 2. The molecule has 0 radical (unpaired) electrons. The van der Waals surface area contributed by atoms with Crippen molar-refractivity contribution in [3.63, 3.8) is 0 Å². The Hall–Kier alpha value is -1.51. The van der Waals surface area contributed by atoms with Crippen LogP contribution in [0.4, 0.5) is 5.69 Å². The van der Waals surface area contributed by atoms with E-state index in [1.807, 2.05) is 7.05 Å². The Labute approximate surface area is 95.7 Å². The van der Waals surface area contributed by atoms with Gasteiger partial charge in [0.05, 0.1) is 6.42 Å². The number of carboxylic acids is 1. The van der Waals surface area contributed by atoms with E-state index in [-0.39, 0.29) is 12.5 Å². The summed E-state index contributed by atoms with van der Waals surface area (Å²) in [7, 11) is 1.99. The fraction of sp³-hybridized carbons (Fsp3) is 0.462. The van der Waals surface area contributed by atoms with Crippen LogP contribution in [0.2, 0.25) is 0 Å². The molecule has 0 amide bonds. The Morgan fingerprint density at radius 3 is 3.00 bits per heavy atom. The van der Waals surface area contributed by atoms with Gasteiger partial charge < -0.3 is 10.0 Å². The molecule has 86 valence electrons. The van der Waals surface area contributed by atoms with Crippen LogP contribution in [-0.4, -0.2) is 24.2 Å². The highest BCUT2D eigenvalue weighted by atomic mass is 16.4. The zero-order chi connectivity index (χ0) is 11.7. The van der Waals surface area contributed by atoms with Crippen LogP contribution in [-0.2, 0) is 11.2 Å². The molecular formula is C13H17NO2. The quantitative estimate of drug-likeness (QED) is 0.829. The van der Waals surface area contributed by atoms with E-state index in [4.69, 9.17) is 5.11 Å². The van der Waals surface area contributed by atoms with E-state index in [1.54, 1.807) is 0 Å². The second-order valence-electron chi connectivity index (χ2n) is 4.53. The Balaban J connectivity index is 2.26. The van der Waals surface area contributed by atoms with Gasteiger partial charge in [0.2, 0.25) is 0 Å². The van der Waals surface area contributed by atoms with Crippen LogP contribution in [0.25, 0.3) is 0 Å². The molecule has 1 aliphatic heterocycles. The lowest BCUT2D eigenvalue weighted by Gasteiger charge is -2.35. The molecule has 1 atom stereocenters. The van der Waals surface area contributed by atoms with Crippen molar-refractivity contribution in [1.82, 2.24) is 0 Å². The largest absolute Gasteiger partial charge is 0.481 e. The van der Waals surface area contributed by atoms with Gasteiger partial charge in [-0.15, -0.1) is 0 Å². The summed E-state index contributed by atoms with van der Waals surface area (Å²) < 4.78 is 0. The van der Waals surface area contributed by atoms with Gasteiger partial charge in [0.1, 0.15) is 0 Å². The van der Waals surface area contributed by atoms with Crippen LogP contribution < -0.4 is 4.90 Å². The molecule has 3 heteroatoms. The fourth-order valence-electron chi connectivity index (χ4n) is 2.37. The van der Waals surface area contributed by atoms with E-state index in [2.05, 4.69) is 30.0 Å². The molecule has 0 saturated carbocycles. The van der Waals surface area contributed by atoms with Crippen molar-refractivity contribution in [1.29, 1.82) is 0 Å². The number of fused-ring (bicyclic) bond motifs is 1. The van der Waals surface area contributed by atoms with Gasteiger partial charge in [-0.25, -0.2) is 0 Å². The van der Waals surface area contributed by atoms with Gasteiger partial charge in [0, 0.05) is 18.8 Å². The predicted molar refractivity (Wildman–Crippen MR) is 63.9 cm³/mol. The van der Waals surface area contributed by atoms with Gasteiger partial charge in [0.25, 0.3) is 0 Å². The Morgan fingerprint density at radius 2 is 2.31 bits per heavy atom. The number of aryl methyl sites for hydroxylation is 2. The highest BCUT2D eigenvalue weighted by Gasteiger charge is 2.24. The first kappa shape index (κ1) is 11.0. The monoisotopic (exact) mass is 219 g/mol. The maximum Gasteiger partial charge on any atom is 0.305 e. The van der Waals surface area contributed by atoms with Gasteiger partial charge in [-0.2, -0.15) is 0 Å². The molecule has 0 aromatic heterocycles. The third kappa shape index (κ3) is 2.03. The lowest BCUT2D eigenvalue weighted by molar-refractivity contribution is -0.137. The number of carbonyl (C=O) groups is 1. The van der Waals surface area contributed by atoms with E-state index in [9.17, 15) is 4.79 Å². The van der Waals surface area contributed by atoms with Crippen LogP contribution in [0.1, 0.15) is 24.0 Å². The van der Waals surface area contributed by atoms with Crippen molar-refractivity contribution in [2.45, 2.75) is 32.2 Å². The van der Waals surface area contributed by atoms with Crippen LogP contribution in [0, 0.1) is 6.92 Å². The molecule has 3 nitrogen and oxygen atoms in total. The van der Waals surface area contributed by atoms with Crippen molar-refractivity contribution in [3.05, 3.63) is 29.3 Å². The van der Waals surface area contributed by atoms with Crippen molar-refractivity contribution >= 4 is 11.7 Å². The highest BCUT2D eigenvalue weighted by Crippen LogP contribution is 2.31. The predicted octanol–water partition coefficient (Wildman–Crippen LogP) is 2.22. The highest BCUT2D eigenvalue weighted by molar-refractivity contribution is 5.69. The van der Waals surface area contributed by atoms with Gasteiger partial charge >= 0.3 is 5.97 Å². The summed E-state index contributed by atoms with van der Waals surface area (Å²) in [6.45, 7) is 2.06. The normalized spacial score (nSPS) is 19.4. The fourth-order valence-corrected chi connectivity index (χ4v) is 2.37. The molecule has 16 heavy (non-hydrogen) atoms. The third-order valence-corrected chi connectivity index (χ3v) is 3.33. The smallest absolute Gasteiger partial charge is 0.305 e. The minimum Gasteiger partial charge on any atom is -0.481 e. The van der Waals surface area contributed by atoms with Crippen LogP contribution >= 0.6 is 0 Å². The van der Waals surface area contributed by atoms with Gasteiger partial charge in [-0.1, -0.05) is 12.1 Å². The number of nitrogens with zero attached hydrogens (tertiary/aromatic N) is 1. The van der Waals surface area contributed by atoms with Crippen LogP contribution in [0.3, 0.4) is 0 Å². The van der Waals surface area contributed by atoms with Gasteiger partial charge in [-0.3, -0.25) is 4.79 Å². The van der Waals surface area contributed by atoms with Crippen molar-refractivity contribution in [3.8, 4) is 0 Å². The number of rotatable bonds is 2. The standard InChI is InChI=1S/C13H17NO2/c1-9-3-4-10-5-6-11(8-13(15)16)14(2)12(10)7-9/h3-4,7,11H,5-6,8H2,1-2H3,(H,15,16). The summed E-state index contributed by atoms with van der Waals surface area (Å²) in [6.07, 6.45) is 2.14. The second kappa shape index (κ2) is 4.16. The van der Waals surface area contributed by atoms with Gasteiger partial charge in [0.15, 0.2) is 0 Å². The average molecular weight is 219 g/mol. The number of aliphatic carboxylic acids is 1. The summed E-state index contributed by atoms with van der Waals surface area (Å²) in [5.74, 6) is -0.715. The molecule has 0 aliphatic carbocycles. The molecule has 0 spiro atoms. The molecule has 2 rings (SSSR count). The van der Waals surface area contributed by atoms with Gasteiger partial charge in [-0.05, 0) is 37.0 Å². The molecule has 0 fully saturated rings. The van der Waals surface area contributed by atoms with Crippen LogP contribution in [0.5, 0.6) is 0 Å². The lowest BCUT2D eigenvalue weighted by Crippen LogP contribution is -2.37. The van der Waals surface area contributed by atoms with E-state index < -0.39 is 5.97 Å². The molecule has 1 unspecified atom stereocenters. The average Bonchev–Trinajstić information content (AvgIpc) is 2.22. The third-order valence-electron chi connectivity index (χ3n) is 3.33. The molecular weight excluding hydrogens is 202 g/mol. The summed E-state index contributed by atoms with van der Waals surface area (Å²) in [5, 5.41) is 8.86. The maximum atomic E-state index is 10.8. The zero-order valence-electron chi connectivity index (χ0n) is 9.73. The summed E-state index contributed by atoms with van der Waals surface area (Å²) in [6, 6.07) is 6.54. The minimum atomic E-state index is -0.715. The maximum absolute atomic E-state index is 10.8. The molecule has 1 aromatic rings. The second-order valence-corrected chi connectivity index (χ2v) is 4.53. The summed E-state index contributed by atoms with van der Waals surface area (Å²) in [5.41, 5.74) is 3.74. The minimum absolute atomic E-state index is 0.131. The van der Waals surface area contributed by atoms with Crippen molar-refractivity contribution < 1.29 is 9.90 Å². The van der Waals surface area contributed by atoms with E-state index in [0.717, 1.165) is 12.8 Å². The number of anilines is 1. The van der Waals surface area contributed by atoms with Crippen molar-refractivity contribution in [2.24, 2.45) is 0 Å². The first-order chi connectivity index (χ1) is 7.58. The SMILES string of the molecule is Cc1ccc2c(c1)N(C)C(CC(=O)O)CC2. The first-order valence-electron chi connectivity index (χ1n) is 5.62.